The highest BCUT2D eigenvalue weighted by Crippen LogP contribution is 2.45. The van der Waals surface area contributed by atoms with Gasteiger partial charge in [0, 0.05) is 25.7 Å². The molecule has 0 bridgehead atoms. The molecular weight excluding hydrogens is 1210 g/mol. The van der Waals surface area contributed by atoms with Gasteiger partial charge < -0.3 is 33.8 Å². The second-order valence-corrected chi connectivity index (χ2v) is 30.0. The summed E-state index contributed by atoms with van der Waals surface area (Å²) in [4.78, 5) is 72.7. The first-order valence-corrected chi connectivity index (χ1v) is 40.2. The Kier molecular flexibility index (Phi) is 61.6. The van der Waals surface area contributed by atoms with Crippen molar-refractivity contribution in [1.29, 1.82) is 0 Å². The molecule has 0 aliphatic rings. The van der Waals surface area contributed by atoms with Crippen LogP contribution in [0.1, 0.15) is 344 Å². The van der Waals surface area contributed by atoms with Crippen LogP contribution < -0.4 is 0 Å². The summed E-state index contributed by atoms with van der Waals surface area (Å²) < 4.78 is 68.4. The molecule has 542 valence electrons. The van der Waals surface area contributed by atoms with Gasteiger partial charge in [0.1, 0.15) is 19.3 Å². The summed E-state index contributed by atoms with van der Waals surface area (Å²) in [6.07, 6.45) is 50.8. The zero-order chi connectivity index (χ0) is 68.0. The summed E-state index contributed by atoms with van der Waals surface area (Å²) in [7, 11) is -9.92. The van der Waals surface area contributed by atoms with Gasteiger partial charge in [-0.25, -0.2) is 9.13 Å². The Labute approximate surface area is 561 Å². The van der Waals surface area contributed by atoms with Gasteiger partial charge in [-0.1, -0.05) is 291 Å². The minimum Gasteiger partial charge on any atom is -0.462 e. The lowest BCUT2D eigenvalue weighted by molar-refractivity contribution is -0.161. The van der Waals surface area contributed by atoms with Crippen LogP contribution in [0.4, 0.5) is 0 Å². The molecule has 0 radical (unpaired) electrons. The summed E-state index contributed by atoms with van der Waals surface area (Å²) in [5, 5.41) is 10.6. The van der Waals surface area contributed by atoms with Gasteiger partial charge >= 0.3 is 39.5 Å². The van der Waals surface area contributed by atoms with Gasteiger partial charge in [0.15, 0.2) is 12.2 Å². The second-order valence-electron chi connectivity index (χ2n) is 27.1. The summed E-state index contributed by atoms with van der Waals surface area (Å²) in [6.45, 7) is 11.7. The van der Waals surface area contributed by atoms with E-state index in [1.54, 1.807) is 0 Å². The molecule has 0 saturated carbocycles. The molecular formula is C73H138O17P2. The Bertz CT molecular complexity index is 1890. The summed E-state index contributed by atoms with van der Waals surface area (Å²) in [5.41, 5.74) is 0. The number of hydrogen-bond donors (Lipinski definition) is 3. The van der Waals surface area contributed by atoms with Gasteiger partial charge in [0.25, 0.3) is 0 Å². The molecule has 0 aliphatic carbocycles. The van der Waals surface area contributed by atoms with Crippen molar-refractivity contribution in [2.24, 2.45) is 17.8 Å². The van der Waals surface area contributed by atoms with Gasteiger partial charge in [-0.3, -0.25) is 37.3 Å². The number of rotatable bonds is 69. The molecule has 5 atom stereocenters. The molecule has 0 saturated heterocycles. The number of ether oxygens (including phenoxy) is 4. The van der Waals surface area contributed by atoms with E-state index in [1.165, 1.54) is 141 Å². The predicted octanol–water partition coefficient (Wildman–Crippen LogP) is 20.6. The number of phosphoric ester groups is 2. The molecule has 0 aromatic heterocycles. The smallest absolute Gasteiger partial charge is 0.462 e. The maximum absolute atomic E-state index is 13.0. The van der Waals surface area contributed by atoms with E-state index in [2.05, 4.69) is 72.8 Å². The average Bonchev–Trinajstić information content (AvgIpc) is 2.34. The summed E-state index contributed by atoms with van der Waals surface area (Å²) >= 11 is 0. The third kappa shape index (κ3) is 66.2. The van der Waals surface area contributed by atoms with E-state index in [9.17, 15) is 43.2 Å². The number of phosphoric acid groups is 2. The number of esters is 4. The van der Waals surface area contributed by atoms with Crippen LogP contribution in [0.2, 0.25) is 0 Å². The van der Waals surface area contributed by atoms with Gasteiger partial charge in [0.2, 0.25) is 0 Å². The lowest BCUT2D eigenvalue weighted by Crippen LogP contribution is -2.30. The molecule has 0 heterocycles. The van der Waals surface area contributed by atoms with E-state index in [0.29, 0.717) is 25.7 Å². The van der Waals surface area contributed by atoms with Crippen molar-refractivity contribution in [1.82, 2.24) is 0 Å². The lowest BCUT2D eigenvalue weighted by Gasteiger charge is -2.21. The number of hydrogen-bond acceptors (Lipinski definition) is 15. The standard InChI is InChI=1S/C73H138O17P2/c1-8-9-10-11-12-13-14-15-16-17-20-26-35-42-49-56-72(77)89-68(60-83-70(75)54-47-40-33-25-21-18-19-23-30-37-44-51-64(2)3)62-87-91(79,80)85-58-67(74)59-86-92(81,82)88-63-69(61-84-71(76)55-48-41-34-29-28-32-39-46-53-66(6)7)90-73(78)57-50-43-36-27-22-24-31-38-45-52-65(4)5/h13-16,64-69,74H,8-12,17-63H2,1-7H3,(H,79,80)(H,81,82)/b14-13-,16-15-/t67?,68-,69-/m1/s1. The number of allylic oxidation sites excluding steroid dienone is 4. The Hall–Kier alpha value is -2.46. The largest absolute Gasteiger partial charge is 0.472 e. The monoisotopic (exact) mass is 1350 g/mol. The highest BCUT2D eigenvalue weighted by atomic mass is 31.2. The zero-order valence-corrected chi connectivity index (χ0v) is 61.3. The third-order valence-corrected chi connectivity index (χ3v) is 18.2. The van der Waals surface area contributed by atoms with Crippen LogP contribution in [0.3, 0.4) is 0 Å². The lowest BCUT2D eigenvalue weighted by atomic mass is 10.0. The van der Waals surface area contributed by atoms with Crippen LogP contribution in [-0.4, -0.2) is 96.7 Å². The minimum atomic E-state index is -4.96. The van der Waals surface area contributed by atoms with Crippen LogP contribution in [0, 0.1) is 17.8 Å². The molecule has 0 spiro atoms. The molecule has 0 amide bonds. The van der Waals surface area contributed by atoms with Crippen molar-refractivity contribution in [3.05, 3.63) is 24.3 Å². The number of unbranched alkanes of at least 4 members (excludes halogenated alkanes) is 34. The van der Waals surface area contributed by atoms with Crippen LogP contribution in [-0.2, 0) is 65.4 Å². The molecule has 0 aromatic carbocycles. The zero-order valence-electron chi connectivity index (χ0n) is 59.5. The molecule has 0 aromatic rings. The van der Waals surface area contributed by atoms with Crippen molar-refractivity contribution in [3.8, 4) is 0 Å². The highest BCUT2D eigenvalue weighted by Gasteiger charge is 2.30. The van der Waals surface area contributed by atoms with Crippen LogP contribution in [0.5, 0.6) is 0 Å². The highest BCUT2D eigenvalue weighted by molar-refractivity contribution is 7.47. The number of carbonyl (C=O) groups excluding carboxylic acids is 4. The minimum absolute atomic E-state index is 0.0845. The second kappa shape index (κ2) is 63.3. The SMILES string of the molecule is CCCCCC/C=C\C=C/CCCCCCCC(=O)O[C@H](COC(=O)CCCCCCCCCCCCCC(C)C)COP(=O)(O)OCC(O)COP(=O)(O)OC[C@@H](COC(=O)CCCCCCCCCCC(C)C)OC(=O)CCCCCCCCCCCC(C)C. The first-order chi connectivity index (χ1) is 44.2. The molecule has 0 fully saturated rings. The number of carbonyl (C=O) groups is 4. The maximum atomic E-state index is 13.0. The van der Waals surface area contributed by atoms with E-state index in [4.69, 9.17) is 37.0 Å². The maximum Gasteiger partial charge on any atom is 0.472 e. The van der Waals surface area contributed by atoms with Gasteiger partial charge in [0.05, 0.1) is 26.4 Å². The van der Waals surface area contributed by atoms with Gasteiger partial charge in [-0.05, 0) is 69.1 Å². The quantitative estimate of drug-likeness (QED) is 0.0169. The normalized spacial score (nSPS) is 14.3. The van der Waals surface area contributed by atoms with E-state index in [1.807, 2.05) is 0 Å². The molecule has 92 heavy (non-hydrogen) atoms. The van der Waals surface area contributed by atoms with E-state index in [0.717, 1.165) is 120 Å². The fourth-order valence-corrected chi connectivity index (χ4v) is 12.1. The van der Waals surface area contributed by atoms with Crippen molar-refractivity contribution in [3.63, 3.8) is 0 Å². The van der Waals surface area contributed by atoms with Crippen LogP contribution in [0.15, 0.2) is 24.3 Å². The Morgan fingerprint density at radius 2 is 0.587 bits per heavy atom. The van der Waals surface area contributed by atoms with Crippen molar-refractivity contribution < 1.29 is 80.2 Å². The van der Waals surface area contributed by atoms with Crippen molar-refractivity contribution >= 4 is 39.5 Å². The Morgan fingerprint density at radius 1 is 0.337 bits per heavy atom. The fourth-order valence-electron chi connectivity index (χ4n) is 10.5. The molecule has 17 nitrogen and oxygen atoms in total. The molecule has 0 rings (SSSR count). The summed E-state index contributed by atoms with van der Waals surface area (Å²) in [5.74, 6) is 0.0745. The van der Waals surface area contributed by atoms with Crippen molar-refractivity contribution in [2.45, 2.75) is 362 Å². The van der Waals surface area contributed by atoms with Crippen LogP contribution >= 0.6 is 15.6 Å². The first-order valence-electron chi connectivity index (χ1n) is 37.2. The Balaban J connectivity index is 5.30. The molecule has 0 aliphatic heterocycles. The molecule has 3 unspecified atom stereocenters. The van der Waals surface area contributed by atoms with E-state index in [-0.39, 0.29) is 25.7 Å². The Morgan fingerprint density at radius 3 is 0.880 bits per heavy atom. The van der Waals surface area contributed by atoms with E-state index < -0.39 is 97.5 Å². The number of aliphatic hydroxyl groups excluding tert-OH is 1. The number of aliphatic hydroxyl groups is 1. The average molecular weight is 1350 g/mol. The molecule has 19 heteroatoms. The third-order valence-electron chi connectivity index (χ3n) is 16.3. The van der Waals surface area contributed by atoms with Gasteiger partial charge in [-0.2, -0.15) is 0 Å². The molecule has 3 N–H and O–H groups in total. The summed E-state index contributed by atoms with van der Waals surface area (Å²) in [6, 6.07) is 0. The predicted molar refractivity (Wildman–Crippen MR) is 372 cm³/mol. The van der Waals surface area contributed by atoms with Gasteiger partial charge in [-0.15, -0.1) is 0 Å². The first kappa shape index (κ1) is 89.5. The van der Waals surface area contributed by atoms with Crippen molar-refractivity contribution in [2.75, 3.05) is 39.6 Å². The van der Waals surface area contributed by atoms with E-state index >= 15 is 0 Å². The fraction of sp³-hybridized carbons (Fsp3) is 0.890. The topological polar surface area (TPSA) is 237 Å². The van der Waals surface area contributed by atoms with Crippen LogP contribution in [0.25, 0.3) is 0 Å².